The maximum Gasteiger partial charge on any atom is 0.243 e. The zero-order chi connectivity index (χ0) is 19.0. The van der Waals surface area contributed by atoms with E-state index in [9.17, 15) is 13.2 Å². The van der Waals surface area contributed by atoms with Crippen molar-refractivity contribution in [3.8, 4) is 0 Å². The van der Waals surface area contributed by atoms with Crippen LogP contribution in [0.15, 0.2) is 59.5 Å². The first-order chi connectivity index (χ1) is 12.4. The molecule has 0 fully saturated rings. The minimum atomic E-state index is -3.85. The van der Waals surface area contributed by atoms with Crippen molar-refractivity contribution in [2.75, 3.05) is 19.6 Å². The Hall–Kier alpha value is -1.93. The second-order valence-corrected chi connectivity index (χ2v) is 8.08. The second kappa shape index (κ2) is 9.68. The van der Waals surface area contributed by atoms with Gasteiger partial charge < -0.3 is 11.1 Å². The van der Waals surface area contributed by atoms with Crippen LogP contribution in [0.5, 0.6) is 0 Å². The normalized spacial score (nSPS) is 11.5. The van der Waals surface area contributed by atoms with Gasteiger partial charge in [-0.3, -0.25) is 4.79 Å². The highest BCUT2D eigenvalue weighted by atomic mass is 35.5. The lowest BCUT2D eigenvalue weighted by Gasteiger charge is -2.22. The highest BCUT2D eigenvalue weighted by Crippen LogP contribution is 2.20. The molecule has 2 rings (SSSR count). The molecule has 0 atom stereocenters. The molecule has 140 valence electrons. The van der Waals surface area contributed by atoms with E-state index in [4.69, 9.17) is 17.3 Å². The fourth-order valence-corrected chi connectivity index (χ4v) is 3.82. The topological polar surface area (TPSA) is 92.5 Å². The lowest BCUT2D eigenvalue weighted by molar-refractivity contribution is -0.121. The first kappa shape index (κ1) is 20.4. The second-order valence-electron chi connectivity index (χ2n) is 5.70. The van der Waals surface area contributed by atoms with Crippen molar-refractivity contribution in [2.45, 2.75) is 17.9 Å². The molecule has 0 saturated heterocycles. The zero-order valence-electron chi connectivity index (χ0n) is 14.3. The summed E-state index contributed by atoms with van der Waals surface area (Å²) in [6.45, 7) is 0.688. The van der Waals surface area contributed by atoms with Gasteiger partial charge in [0.15, 0.2) is 0 Å². The Morgan fingerprint density at radius 3 is 2.35 bits per heavy atom. The van der Waals surface area contributed by atoms with Crippen LogP contribution < -0.4 is 11.1 Å². The summed E-state index contributed by atoms with van der Waals surface area (Å²) in [7, 11) is -3.85. The minimum absolute atomic E-state index is 0.0904. The van der Waals surface area contributed by atoms with Crippen molar-refractivity contribution >= 4 is 27.5 Å². The molecule has 0 heterocycles. The fraction of sp³-hybridized carbons (Fsp3) is 0.278. The fourth-order valence-electron chi connectivity index (χ4n) is 2.31. The van der Waals surface area contributed by atoms with Gasteiger partial charge in [0.1, 0.15) is 0 Å². The van der Waals surface area contributed by atoms with Crippen LogP contribution in [-0.4, -0.2) is 38.3 Å². The number of carbonyl (C=O) groups excluding carboxylic acids is 1. The average Bonchev–Trinajstić information content (AvgIpc) is 2.62. The molecule has 8 heteroatoms. The molecular weight excluding hydrogens is 374 g/mol. The summed E-state index contributed by atoms with van der Waals surface area (Å²) < 4.78 is 27.1. The van der Waals surface area contributed by atoms with Gasteiger partial charge in [-0.25, -0.2) is 8.42 Å². The molecule has 0 radical (unpaired) electrons. The molecule has 0 spiro atoms. The Kier molecular flexibility index (Phi) is 7.59. The van der Waals surface area contributed by atoms with Gasteiger partial charge in [0.25, 0.3) is 0 Å². The largest absolute Gasteiger partial charge is 0.355 e. The van der Waals surface area contributed by atoms with E-state index in [0.29, 0.717) is 24.5 Å². The predicted molar refractivity (Wildman–Crippen MR) is 102 cm³/mol. The summed E-state index contributed by atoms with van der Waals surface area (Å²) >= 11 is 5.84. The standard InChI is InChI=1S/C18H22ClN3O3S/c19-16-7-9-17(10-8-16)26(24,25)22(13-15-5-2-1-3-6-15)14-18(23)21-12-4-11-20/h1-3,5-10H,4,11-14,20H2,(H,21,23). The van der Waals surface area contributed by atoms with E-state index >= 15 is 0 Å². The molecule has 0 saturated carbocycles. The number of amides is 1. The molecule has 1 amide bonds. The zero-order valence-corrected chi connectivity index (χ0v) is 15.8. The maximum absolute atomic E-state index is 13.0. The van der Waals surface area contributed by atoms with E-state index in [1.165, 1.54) is 24.3 Å². The van der Waals surface area contributed by atoms with E-state index in [-0.39, 0.29) is 23.9 Å². The number of hydrogen-bond donors (Lipinski definition) is 2. The number of nitrogens with two attached hydrogens (primary N) is 1. The van der Waals surface area contributed by atoms with E-state index in [2.05, 4.69) is 5.32 Å². The number of nitrogens with zero attached hydrogens (tertiary/aromatic N) is 1. The number of nitrogens with one attached hydrogen (secondary N) is 1. The van der Waals surface area contributed by atoms with E-state index in [0.717, 1.165) is 9.87 Å². The Morgan fingerprint density at radius 1 is 1.08 bits per heavy atom. The quantitative estimate of drug-likeness (QED) is 0.635. The third kappa shape index (κ3) is 5.81. The Labute approximate surface area is 159 Å². The van der Waals surface area contributed by atoms with E-state index in [1.54, 1.807) is 0 Å². The van der Waals surface area contributed by atoms with Crippen LogP contribution in [0.3, 0.4) is 0 Å². The van der Waals surface area contributed by atoms with Crippen LogP contribution in [-0.2, 0) is 21.4 Å². The Balaban J connectivity index is 2.23. The van der Waals surface area contributed by atoms with E-state index < -0.39 is 10.0 Å². The van der Waals surface area contributed by atoms with Crippen LogP contribution in [0.25, 0.3) is 0 Å². The summed E-state index contributed by atoms with van der Waals surface area (Å²) in [6.07, 6.45) is 0.633. The van der Waals surface area contributed by atoms with Gasteiger partial charge in [-0.1, -0.05) is 41.9 Å². The molecule has 0 aromatic heterocycles. The van der Waals surface area contributed by atoms with Crippen LogP contribution >= 0.6 is 11.6 Å². The van der Waals surface area contributed by atoms with Crippen LogP contribution in [0.1, 0.15) is 12.0 Å². The molecule has 2 aromatic rings. The van der Waals surface area contributed by atoms with E-state index in [1.807, 2.05) is 30.3 Å². The Bertz CT molecular complexity index is 811. The number of hydrogen-bond acceptors (Lipinski definition) is 4. The summed E-state index contributed by atoms with van der Waals surface area (Å²) in [5.41, 5.74) is 6.20. The molecule has 0 aliphatic heterocycles. The number of sulfonamides is 1. The number of halogens is 1. The summed E-state index contributed by atoms with van der Waals surface area (Å²) in [6, 6.07) is 15.0. The highest BCUT2D eigenvalue weighted by molar-refractivity contribution is 7.89. The molecular formula is C18H22ClN3O3S. The third-order valence-corrected chi connectivity index (χ3v) is 5.73. The Morgan fingerprint density at radius 2 is 1.73 bits per heavy atom. The molecule has 0 unspecified atom stereocenters. The monoisotopic (exact) mass is 395 g/mol. The molecule has 6 nitrogen and oxygen atoms in total. The molecule has 0 aliphatic carbocycles. The molecule has 2 aromatic carbocycles. The van der Waals surface area contributed by atoms with Gasteiger partial charge in [0, 0.05) is 18.1 Å². The maximum atomic E-state index is 13.0. The van der Waals surface area contributed by atoms with Crippen molar-refractivity contribution < 1.29 is 13.2 Å². The lowest BCUT2D eigenvalue weighted by atomic mass is 10.2. The molecule has 26 heavy (non-hydrogen) atoms. The first-order valence-corrected chi connectivity index (χ1v) is 10.0. The molecule has 3 N–H and O–H groups in total. The SMILES string of the molecule is NCCCNC(=O)CN(Cc1ccccc1)S(=O)(=O)c1ccc(Cl)cc1. The molecule has 0 aliphatic rings. The van der Waals surface area contributed by atoms with Gasteiger partial charge in [0.2, 0.25) is 15.9 Å². The van der Waals surface area contributed by atoms with Crippen molar-refractivity contribution in [3.63, 3.8) is 0 Å². The lowest BCUT2D eigenvalue weighted by Crippen LogP contribution is -2.40. The van der Waals surface area contributed by atoms with Crippen LogP contribution in [0.2, 0.25) is 5.02 Å². The van der Waals surface area contributed by atoms with Gasteiger partial charge >= 0.3 is 0 Å². The highest BCUT2D eigenvalue weighted by Gasteiger charge is 2.26. The number of carbonyl (C=O) groups is 1. The summed E-state index contributed by atoms with van der Waals surface area (Å²) in [5.74, 6) is -0.369. The van der Waals surface area contributed by atoms with Gasteiger partial charge in [0.05, 0.1) is 11.4 Å². The smallest absolute Gasteiger partial charge is 0.243 e. The van der Waals surface area contributed by atoms with Crippen LogP contribution in [0, 0.1) is 0 Å². The van der Waals surface area contributed by atoms with Crippen LogP contribution in [0.4, 0.5) is 0 Å². The van der Waals surface area contributed by atoms with Gasteiger partial charge in [-0.05, 0) is 42.8 Å². The van der Waals surface area contributed by atoms with Crippen molar-refractivity contribution in [2.24, 2.45) is 5.73 Å². The van der Waals surface area contributed by atoms with Gasteiger partial charge in [-0.15, -0.1) is 0 Å². The van der Waals surface area contributed by atoms with Gasteiger partial charge in [-0.2, -0.15) is 4.31 Å². The number of rotatable bonds is 9. The molecule has 0 bridgehead atoms. The van der Waals surface area contributed by atoms with Crippen molar-refractivity contribution in [1.82, 2.24) is 9.62 Å². The van der Waals surface area contributed by atoms with Crippen molar-refractivity contribution in [3.05, 3.63) is 65.2 Å². The summed E-state index contributed by atoms with van der Waals surface area (Å²) in [5, 5.41) is 3.13. The van der Waals surface area contributed by atoms with Crippen molar-refractivity contribution in [1.29, 1.82) is 0 Å². The number of benzene rings is 2. The minimum Gasteiger partial charge on any atom is -0.355 e. The first-order valence-electron chi connectivity index (χ1n) is 8.20. The summed E-state index contributed by atoms with van der Waals surface area (Å²) in [4.78, 5) is 12.3. The predicted octanol–water partition coefficient (Wildman–Crippen LogP) is 2.00. The average molecular weight is 396 g/mol. The third-order valence-electron chi connectivity index (χ3n) is 3.68.